The number of ether oxygens (including phenoxy) is 1. The SMILES string of the molecule is COc1ccc(-c2nc3ccc(NC(=O)C4CCN(C(=O)c5ccc(C(F)(F)F)cc5)CC4)cc3o2)c(Br)c1. The van der Waals surface area contributed by atoms with Gasteiger partial charge in [-0.05, 0) is 83.4 Å². The van der Waals surface area contributed by atoms with E-state index in [4.69, 9.17) is 9.15 Å². The van der Waals surface area contributed by atoms with Gasteiger partial charge in [-0.15, -0.1) is 0 Å². The lowest BCUT2D eigenvalue weighted by atomic mass is 9.95. The zero-order valence-electron chi connectivity index (χ0n) is 20.7. The molecule has 0 atom stereocenters. The Bertz CT molecular complexity index is 1530. The van der Waals surface area contributed by atoms with Crippen molar-refractivity contribution >= 4 is 44.5 Å². The van der Waals surface area contributed by atoms with Gasteiger partial charge < -0.3 is 19.4 Å². The van der Waals surface area contributed by atoms with Crippen LogP contribution in [0.15, 0.2) is 69.6 Å². The Morgan fingerprint density at radius 2 is 1.77 bits per heavy atom. The first-order chi connectivity index (χ1) is 18.6. The molecule has 1 aliphatic heterocycles. The van der Waals surface area contributed by atoms with E-state index >= 15 is 0 Å². The first-order valence-electron chi connectivity index (χ1n) is 12.1. The number of alkyl halides is 3. The lowest BCUT2D eigenvalue weighted by Gasteiger charge is -2.31. The summed E-state index contributed by atoms with van der Waals surface area (Å²) in [5, 5.41) is 2.91. The number of aromatic nitrogens is 1. The van der Waals surface area contributed by atoms with Crippen molar-refractivity contribution in [3.63, 3.8) is 0 Å². The smallest absolute Gasteiger partial charge is 0.416 e. The van der Waals surface area contributed by atoms with Crippen LogP contribution in [-0.2, 0) is 11.0 Å². The predicted molar refractivity (Wildman–Crippen MR) is 142 cm³/mol. The van der Waals surface area contributed by atoms with Crippen molar-refractivity contribution in [2.75, 3.05) is 25.5 Å². The van der Waals surface area contributed by atoms with Crippen molar-refractivity contribution in [3.8, 4) is 17.2 Å². The van der Waals surface area contributed by atoms with E-state index in [0.29, 0.717) is 54.4 Å². The molecular formula is C28H23BrF3N3O4. The molecule has 0 spiro atoms. The third-order valence-electron chi connectivity index (χ3n) is 6.67. The Hall–Kier alpha value is -3.86. The van der Waals surface area contributed by atoms with Crippen LogP contribution in [-0.4, -0.2) is 41.9 Å². The maximum absolute atomic E-state index is 12.9. The van der Waals surface area contributed by atoms with E-state index in [1.54, 1.807) is 30.2 Å². The molecule has 0 bridgehead atoms. The van der Waals surface area contributed by atoms with Crippen molar-refractivity contribution in [3.05, 3.63) is 76.3 Å². The third-order valence-corrected chi connectivity index (χ3v) is 7.33. The van der Waals surface area contributed by atoms with Crippen LogP contribution in [0.2, 0.25) is 0 Å². The molecule has 1 saturated heterocycles. The summed E-state index contributed by atoms with van der Waals surface area (Å²) in [6.07, 6.45) is -3.57. The number of hydrogen-bond acceptors (Lipinski definition) is 5. The second-order valence-corrected chi connectivity index (χ2v) is 10.0. The summed E-state index contributed by atoms with van der Waals surface area (Å²) in [6, 6.07) is 14.9. The number of nitrogens with zero attached hydrogens (tertiary/aromatic N) is 2. The number of oxazole rings is 1. The molecule has 7 nitrogen and oxygen atoms in total. The number of methoxy groups -OCH3 is 1. The molecule has 2 amide bonds. The lowest BCUT2D eigenvalue weighted by Crippen LogP contribution is -2.41. The summed E-state index contributed by atoms with van der Waals surface area (Å²) in [4.78, 5) is 31.8. The largest absolute Gasteiger partial charge is 0.497 e. The van der Waals surface area contributed by atoms with Crippen LogP contribution in [0.25, 0.3) is 22.6 Å². The summed E-state index contributed by atoms with van der Waals surface area (Å²) in [7, 11) is 1.59. The van der Waals surface area contributed by atoms with Gasteiger partial charge in [0.1, 0.15) is 11.3 Å². The number of nitrogens with one attached hydrogen (secondary N) is 1. The maximum Gasteiger partial charge on any atom is 0.416 e. The molecule has 2 heterocycles. The molecule has 1 fully saturated rings. The molecule has 11 heteroatoms. The highest BCUT2D eigenvalue weighted by atomic mass is 79.9. The number of hydrogen-bond donors (Lipinski definition) is 1. The zero-order chi connectivity index (χ0) is 27.7. The van der Waals surface area contributed by atoms with Gasteiger partial charge in [-0.1, -0.05) is 0 Å². The first-order valence-corrected chi connectivity index (χ1v) is 12.9. The van der Waals surface area contributed by atoms with Gasteiger partial charge in [-0.25, -0.2) is 4.98 Å². The fraction of sp³-hybridized carbons (Fsp3) is 0.250. The van der Waals surface area contributed by atoms with Crippen molar-refractivity contribution in [1.82, 2.24) is 9.88 Å². The van der Waals surface area contributed by atoms with Crippen molar-refractivity contribution in [2.45, 2.75) is 19.0 Å². The monoisotopic (exact) mass is 601 g/mol. The molecule has 1 aliphatic rings. The number of amides is 2. The summed E-state index contributed by atoms with van der Waals surface area (Å²) in [6.45, 7) is 0.665. The van der Waals surface area contributed by atoms with Crippen LogP contribution >= 0.6 is 15.9 Å². The Morgan fingerprint density at radius 3 is 2.41 bits per heavy atom. The highest BCUT2D eigenvalue weighted by molar-refractivity contribution is 9.10. The highest BCUT2D eigenvalue weighted by Crippen LogP contribution is 2.34. The maximum atomic E-state index is 12.9. The minimum absolute atomic E-state index is 0.173. The number of fused-ring (bicyclic) bond motifs is 1. The third kappa shape index (κ3) is 5.78. The molecule has 1 N–H and O–H groups in total. The number of anilines is 1. The van der Waals surface area contributed by atoms with Crippen molar-refractivity contribution in [1.29, 1.82) is 0 Å². The fourth-order valence-electron chi connectivity index (χ4n) is 4.49. The lowest BCUT2D eigenvalue weighted by molar-refractivity contribution is -0.137. The fourth-order valence-corrected chi connectivity index (χ4v) is 5.01. The van der Waals surface area contributed by atoms with Crippen LogP contribution in [0.5, 0.6) is 5.75 Å². The molecule has 5 rings (SSSR count). The van der Waals surface area contributed by atoms with E-state index in [-0.39, 0.29) is 23.3 Å². The van der Waals surface area contributed by atoms with E-state index in [1.807, 2.05) is 18.2 Å². The highest BCUT2D eigenvalue weighted by Gasteiger charge is 2.31. The van der Waals surface area contributed by atoms with Gasteiger partial charge in [0.2, 0.25) is 11.8 Å². The summed E-state index contributed by atoms with van der Waals surface area (Å²) < 4.78 is 50.3. The first kappa shape index (κ1) is 26.7. The van der Waals surface area contributed by atoms with Gasteiger partial charge in [0.25, 0.3) is 5.91 Å². The van der Waals surface area contributed by atoms with Crippen LogP contribution in [0.3, 0.4) is 0 Å². The number of carbonyl (C=O) groups excluding carboxylic acids is 2. The van der Waals surface area contributed by atoms with Gasteiger partial charge >= 0.3 is 6.18 Å². The average molecular weight is 602 g/mol. The quantitative estimate of drug-likeness (QED) is 0.273. The topological polar surface area (TPSA) is 84.7 Å². The van der Waals surface area contributed by atoms with E-state index in [2.05, 4.69) is 26.2 Å². The molecular weight excluding hydrogens is 579 g/mol. The Balaban J connectivity index is 1.20. The average Bonchev–Trinajstić information content (AvgIpc) is 3.35. The summed E-state index contributed by atoms with van der Waals surface area (Å²) in [5.41, 5.74) is 1.86. The van der Waals surface area contributed by atoms with Crippen LogP contribution in [0.4, 0.5) is 18.9 Å². The van der Waals surface area contributed by atoms with Crippen molar-refractivity contribution < 1.29 is 31.9 Å². The van der Waals surface area contributed by atoms with E-state index in [9.17, 15) is 22.8 Å². The van der Waals surface area contributed by atoms with Crippen LogP contribution in [0, 0.1) is 5.92 Å². The number of carbonyl (C=O) groups is 2. The normalized spacial score (nSPS) is 14.4. The number of benzene rings is 3. The Labute approximate surface area is 230 Å². The van der Waals surface area contributed by atoms with Crippen LogP contribution < -0.4 is 10.1 Å². The minimum Gasteiger partial charge on any atom is -0.497 e. The standard InChI is InChI=1S/C28H23BrF3N3O4/c1-38-20-7-8-21(22(29)15-20)26-34-23-9-6-19(14-24(23)39-26)33-25(36)16-10-12-35(13-11-16)27(37)17-2-4-18(5-3-17)28(30,31)32/h2-9,14-16H,10-13H2,1H3,(H,33,36). The second-order valence-electron chi connectivity index (χ2n) is 9.18. The molecule has 0 radical (unpaired) electrons. The second kappa shape index (κ2) is 10.7. The number of likely N-dealkylation sites (tertiary alicyclic amines) is 1. The van der Waals surface area contributed by atoms with E-state index in [1.165, 1.54) is 12.1 Å². The molecule has 0 unspecified atom stereocenters. The minimum atomic E-state index is -4.46. The van der Waals surface area contributed by atoms with Crippen LogP contribution in [0.1, 0.15) is 28.8 Å². The van der Waals surface area contributed by atoms with E-state index in [0.717, 1.165) is 22.2 Å². The van der Waals surface area contributed by atoms with Gasteiger partial charge in [0, 0.05) is 40.8 Å². The molecule has 3 aromatic carbocycles. The molecule has 0 aliphatic carbocycles. The molecule has 202 valence electrons. The molecule has 39 heavy (non-hydrogen) atoms. The molecule has 0 saturated carbocycles. The van der Waals surface area contributed by atoms with Gasteiger partial charge in [-0.3, -0.25) is 9.59 Å². The van der Waals surface area contributed by atoms with Gasteiger partial charge in [0.15, 0.2) is 5.58 Å². The molecule has 4 aromatic rings. The summed E-state index contributed by atoms with van der Waals surface area (Å²) in [5.74, 6) is 0.291. The Kier molecular flexibility index (Phi) is 7.35. The number of piperidine rings is 1. The van der Waals surface area contributed by atoms with Crippen molar-refractivity contribution in [2.24, 2.45) is 5.92 Å². The van der Waals surface area contributed by atoms with Gasteiger partial charge in [-0.2, -0.15) is 13.2 Å². The summed E-state index contributed by atoms with van der Waals surface area (Å²) >= 11 is 3.51. The predicted octanol–water partition coefficient (Wildman–Crippen LogP) is 6.78. The number of halogens is 4. The zero-order valence-corrected chi connectivity index (χ0v) is 22.3. The number of rotatable bonds is 5. The Morgan fingerprint density at radius 1 is 1.05 bits per heavy atom. The van der Waals surface area contributed by atoms with E-state index < -0.39 is 11.7 Å². The van der Waals surface area contributed by atoms with Gasteiger partial charge in [0.05, 0.1) is 18.2 Å². The molecule has 1 aromatic heterocycles.